The molecule has 1 rings (SSSR count). The fourth-order valence-electron chi connectivity index (χ4n) is 0.826. The Hall–Kier alpha value is -0.450. The van der Waals surface area contributed by atoms with Crippen LogP contribution in [-0.2, 0) is 0 Å². The lowest BCUT2D eigenvalue weighted by atomic mass is 10.1. The van der Waals surface area contributed by atoms with Crippen LogP contribution in [-0.4, -0.2) is 12.3 Å². The van der Waals surface area contributed by atoms with Crippen LogP contribution >= 0.6 is 28.3 Å². The third kappa shape index (κ3) is 3.06. The van der Waals surface area contributed by atoms with Crippen LogP contribution in [0.2, 0.25) is 0 Å². The van der Waals surface area contributed by atoms with Crippen molar-refractivity contribution in [1.29, 1.82) is 0 Å². The summed E-state index contributed by atoms with van der Waals surface area (Å²) in [7, 11) is 0. The van der Waals surface area contributed by atoms with Crippen LogP contribution < -0.4 is 5.73 Å². The maximum Gasteiger partial charge on any atom is 0.179 e. The van der Waals surface area contributed by atoms with Crippen LogP contribution in [0.15, 0.2) is 22.7 Å². The van der Waals surface area contributed by atoms with E-state index in [4.69, 9.17) is 5.73 Å². The minimum absolute atomic E-state index is 0. The molecule has 0 unspecified atom stereocenters. The molecule has 0 saturated heterocycles. The van der Waals surface area contributed by atoms with Gasteiger partial charge in [0.1, 0.15) is 5.82 Å². The summed E-state index contributed by atoms with van der Waals surface area (Å²) in [5.41, 5.74) is 5.13. The molecule has 13 heavy (non-hydrogen) atoms. The van der Waals surface area contributed by atoms with E-state index in [0.29, 0.717) is 4.47 Å². The van der Waals surface area contributed by atoms with Gasteiger partial charge in [-0.25, -0.2) is 4.39 Å². The molecule has 0 fully saturated rings. The number of ketones is 1. The Labute approximate surface area is 89.8 Å². The van der Waals surface area contributed by atoms with Crippen molar-refractivity contribution in [2.75, 3.05) is 6.54 Å². The molecule has 0 atom stereocenters. The van der Waals surface area contributed by atoms with Gasteiger partial charge in [0.15, 0.2) is 5.78 Å². The summed E-state index contributed by atoms with van der Waals surface area (Å²) >= 11 is 3.08. The van der Waals surface area contributed by atoms with E-state index in [1.54, 1.807) is 6.07 Å². The van der Waals surface area contributed by atoms with Crippen LogP contribution in [0.3, 0.4) is 0 Å². The summed E-state index contributed by atoms with van der Waals surface area (Å²) in [5, 5.41) is 0. The molecular formula is C8H8BrClFNO. The number of halogens is 3. The first-order chi connectivity index (χ1) is 5.65. The summed E-state index contributed by atoms with van der Waals surface area (Å²) in [4.78, 5) is 11.0. The average Bonchev–Trinajstić information content (AvgIpc) is 2.03. The van der Waals surface area contributed by atoms with Gasteiger partial charge in [0.25, 0.3) is 0 Å². The first-order valence-electron chi connectivity index (χ1n) is 3.33. The second-order valence-corrected chi connectivity index (χ2v) is 3.17. The molecule has 2 N–H and O–H groups in total. The number of carbonyl (C=O) groups is 1. The zero-order valence-electron chi connectivity index (χ0n) is 6.59. The van der Waals surface area contributed by atoms with Crippen molar-refractivity contribution in [2.45, 2.75) is 0 Å². The molecule has 0 aliphatic rings. The van der Waals surface area contributed by atoms with Gasteiger partial charge < -0.3 is 5.73 Å². The van der Waals surface area contributed by atoms with Gasteiger partial charge >= 0.3 is 0 Å². The van der Waals surface area contributed by atoms with E-state index in [-0.39, 0.29) is 30.3 Å². The zero-order chi connectivity index (χ0) is 9.14. The fourth-order valence-corrected chi connectivity index (χ4v) is 1.16. The topological polar surface area (TPSA) is 43.1 Å². The number of benzene rings is 1. The Bertz CT molecular complexity index is 319. The van der Waals surface area contributed by atoms with Gasteiger partial charge in [-0.3, -0.25) is 4.79 Å². The molecule has 2 nitrogen and oxygen atoms in total. The molecule has 1 aromatic rings. The SMILES string of the molecule is Cl.NCC(=O)c1ccc(Br)cc1F. The lowest BCUT2D eigenvalue weighted by Gasteiger charge is -1.99. The molecule has 1 aromatic carbocycles. The predicted octanol–water partition coefficient (Wildman–Crippen LogP) is 2.15. The van der Waals surface area contributed by atoms with E-state index in [0.717, 1.165) is 0 Å². The number of Topliss-reactive ketones (excluding diaryl/α,β-unsaturated/α-hetero) is 1. The molecule has 0 heterocycles. The Morgan fingerprint density at radius 2 is 2.15 bits per heavy atom. The van der Waals surface area contributed by atoms with Gasteiger partial charge in [-0.1, -0.05) is 15.9 Å². The molecule has 0 saturated carbocycles. The van der Waals surface area contributed by atoms with Gasteiger partial charge in [0.05, 0.1) is 12.1 Å². The van der Waals surface area contributed by atoms with Crippen molar-refractivity contribution in [3.63, 3.8) is 0 Å². The molecule has 0 aliphatic heterocycles. The highest BCUT2D eigenvalue weighted by Crippen LogP contribution is 2.15. The first kappa shape index (κ1) is 12.6. The van der Waals surface area contributed by atoms with Gasteiger partial charge in [-0.15, -0.1) is 12.4 Å². The largest absolute Gasteiger partial charge is 0.324 e. The maximum absolute atomic E-state index is 13.0. The van der Waals surface area contributed by atoms with E-state index in [1.165, 1.54) is 12.1 Å². The monoisotopic (exact) mass is 267 g/mol. The molecule has 0 aliphatic carbocycles. The van der Waals surface area contributed by atoms with Crippen molar-refractivity contribution in [3.05, 3.63) is 34.1 Å². The number of carbonyl (C=O) groups excluding carboxylic acids is 1. The van der Waals surface area contributed by atoms with E-state index in [1.807, 2.05) is 0 Å². The van der Waals surface area contributed by atoms with Crippen molar-refractivity contribution < 1.29 is 9.18 Å². The van der Waals surface area contributed by atoms with Crippen molar-refractivity contribution >= 4 is 34.1 Å². The van der Waals surface area contributed by atoms with Crippen LogP contribution in [0.5, 0.6) is 0 Å². The number of hydrogen-bond donors (Lipinski definition) is 1. The fraction of sp³-hybridized carbons (Fsp3) is 0.125. The van der Waals surface area contributed by atoms with Crippen LogP contribution in [0.1, 0.15) is 10.4 Å². The van der Waals surface area contributed by atoms with Crippen molar-refractivity contribution in [1.82, 2.24) is 0 Å². The molecule has 5 heteroatoms. The standard InChI is InChI=1S/C8H7BrFNO.ClH/c9-5-1-2-6(7(10)3-5)8(12)4-11;/h1-3H,4,11H2;1H. The normalized spacial score (nSPS) is 9.15. The smallest absolute Gasteiger partial charge is 0.179 e. The zero-order valence-corrected chi connectivity index (χ0v) is 8.99. The first-order valence-corrected chi connectivity index (χ1v) is 4.12. The Kier molecular flexibility index (Phi) is 5.13. The Morgan fingerprint density at radius 3 is 2.62 bits per heavy atom. The van der Waals surface area contributed by atoms with Crippen LogP contribution in [0, 0.1) is 5.82 Å². The highest BCUT2D eigenvalue weighted by Gasteiger charge is 2.09. The maximum atomic E-state index is 13.0. The summed E-state index contributed by atoms with van der Waals surface area (Å²) in [6, 6.07) is 4.25. The lowest BCUT2D eigenvalue weighted by Crippen LogP contribution is -2.14. The van der Waals surface area contributed by atoms with Gasteiger partial charge in [0, 0.05) is 4.47 Å². The molecule has 0 amide bonds. The lowest BCUT2D eigenvalue weighted by molar-refractivity contribution is 0.0997. The van der Waals surface area contributed by atoms with Gasteiger partial charge in [-0.05, 0) is 18.2 Å². The molecule has 72 valence electrons. The highest BCUT2D eigenvalue weighted by molar-refractivity contribution is 9.10. The van der Waals surface area contributed by atoms with Crippen LogP contribution in [0.4, 0.5) is 4.39 Å². The average molecular weight is 269 g/mol. The summed E-state index contributed by atoms with van der Waals surface area (Å²) in [6.45, 7) is -0.168. The quantitative estimate of drug-likeness (QED) is 0.835. The minimum Gasteiger partial charge on any atom is -0.324 e. The second kappa shape index (κ2) is 5.32. The highest BCUT2D eigenvalue weighted by atomic mass is 79.9. The number of rotatable bonds is 2. The molecule has 0 bridgehead atoms. The van der Waals surface area contributed by atoms with Crippen LogP contribution in [0.25, 0.3) is 0 Å². The third-order valence-electron chi connectivity index (χ3n) is 1.42. The molecule has 0 radical (unpaired) electrons. The third-order valence-corrected chi connectivity index (χ3v) is 1.91. The van der Waals surface area contributed by atoms with Gasteiger partial charge in [-0.2, -0.15) is 0 Å². The Morgan fingerprint density at radius 1 is 1.54 bits per heavy atom. The van der Waals surface area contributed by atoms with Crippen molar-refractivity contribution in [2.24, 2.45) is 5.73 Å². The second-order valence-electron chi connectivity index (χ2n) is 2.25. The Balaban J connectivity index is 0.00000144. The number of hydrogen-bond acceptors (Lipinski definition) is 2. The van der Waals surface area contributed by atoms with Gasteiger partial charge in [0.2, 0.25) is 0 Å². The van der Waals surface area contributed by atoms with E-state index >= 15 is 0 Å². The summed E-state index contributed by atoms with van der Waals surface area (Å²) < 4.78 is 13.6. The van der Waals surface area contributed by atoms with E-state index < -0.39 is 5.82 Å². The predicted molar refractivity (Wildman–Crippen MR) is 54.7 cm³/mol. The van der Waals surface area contributed by atoms with Crippen molar-refractivity contribution in [3.8, 4) is 0 Å². The van der Waals surface area contributed by atoms with E-state index in [9.17, 15) is 9.18 Å². The number of nitrogens with two attached hydrogens (primary N) is 1. The minimum atomic E-state index is -0.542. The molecular weight excluding hydrogens is 260 g/mol. The van der Waals surface area contributed by atoms with E-state index in [2.05, 4.69) is 15.9 Å². The molecule has 0 spiro atoms. The molecule has 0 aromatic heterocycles. The summed E-state index contributed by atoms with van der Waals surface area (Å²) in [6.07, 6.45) is 0. The summed E-state index contributed by atoms with van der Waals surface area (Å²) in [5.74, 6) is -0.931.